The first-order chi connectivity index (χ1) is 12.6. The fourth-order valence-electron chi connectivity index (χ4n) is 4.19. The van der Waals surface area contributed by atoms with E-state index in [-0.39, 0.29) is 18.1 Å². The van der Waals surface area contributed by atoms with Crippen LogP contribution in [0.15, 0.2) is 30.6 Å². The van der Waals surface area contributed by atoms with Crippen molar-refractivity contribution in [1.29, 1.82) is 0 Å². The number of aromatic nitrogens is 2. The molecule has 6 nitrogen and oxygen atoms in total. The fraction of sp³-hybridized carbons (Fsp3) is 0.500. The van der Waals surface area contributed by atoms with E-state index >= 15 is 0 Å². The molecule has 2 atom stereocenters. The van der Waals surface area contributed by atoms with Gasteiger partial charge in [0.2, 0.25) is 0 Å². The number of amides is 1. The molecule has 2 fully saturated rings. The number of carbonyl (C=O) groups excluding carboxylic acids is 1. The van der Waals surface area contributed by atoms with Gasteiger partial charge in [-0.15, -0.1) is 0 Å². The molecule has 3 aliphatic rings. The van der Waals surface area contributed by atoms with Crippen LogP contribution in [0, 0.1) is 5.92 Å². The van der Waals surface area contributed by atoms with Gasteiger partial charge in [-0.1, -0.05) is 6.07 Å². The molecule has 0 radical (unpaired) electrons. The van der Waals surface area contributed by atoms with E-state index < -0.39 is 0 Å². The third-order valence-corrected chi connectivity index (χ3v) is 5.87. The Hall–Kier alpha value is -2.34. The molecular formula is C20H24N4O2. The first-order valence-electron chi connectivity index (χ1n) is 9.38. The number of rotatable bonds is 3. The number of carbonyl (C=O) groups is 1. The van der Waals surface area contributed by atoms with Crippen molar-refractivity contribution in [1.82, 2.24) is 19.6 Å². The maximum Gasteiger partial charge on any atom is 0.257 e. The predicted octanol–water partition coefficient (Wildman–Crippen LogP) is 2.01. The van der Waals surface area contributed by atoms with Gasteiger partial charge in [-0.2, -0.15) is 5.10 Å². The third kappa shape index (κ3) is 2.69. The van der Waals surface area contributed by atoms with Crippen molar-refractivity contribution in [3.05, 3.63) is 36.2 Å². The second-order valence-corrected chi connectivity index (χ2v) is 7.92. The standard InChI is InChI=1S/C20H24N4O2/c1-22-10-15(8-21-22)14-5-6-16-18(7-14)26-19-12-24(9-13-3-4-13)11-17(19)23(2)20(16)25/h5-8,10,13,17,19H,3-4,9,11-12H2,1-2H3. The Morgan fingerprint density at radius 1 is 1.19 bits per heavy atom. The summed E-state index contributed by atoms with van der Waals surface area (Å²) in [5.41, 5.74) is 2.71. The Kier molecular flexibility index (Phi) is 3.57. The lowest BCUT2D eigenvalue weighted by Gasteiger charge is -2.25. The quantitative estimate of drug-likeness (QED) is 0.848. The molecule has 1 amide bonds. The summed E-state index contributed by atoms with van der Waals surface area (Å²) in [6, 6.07) is 5.98. The van der Waals surface area contributed by atoms with Crippen molar-refractivity contribution in [2.24, 2.45) is 13.0 Å². The number of benzene rings is 1. The van der Waals surface area contributed by atoms with Crippen LogP contribution in [0.2, 0.25) is 0 Å². The Bertz CT molecular complexity index is 857. The van der Waals surface area contributed by atoms with Crippen LogP contribution in [-0.4, -0.2) is 64.3 Å². The normalized spacial score (nSPS) is 25.6. The number of hydrogen-bond acceptors (Lipinski definition) is 4. The van der Waals surface area contributed by atoms with E-state index in [0.29, 0.717) is 11.3 Å². The first-order valence-corrected chi connectivity index (χ1v) is 9.38. The second-order valence-electron chi connectivity index (χ2n) is 7.92. The zero-order valence-corrected chi connectivity index (χ0v) is 15.3. The highest BCUT2D eigenvalue weighted by Crippen LogP contribution is 2.36. The summed E-state index contributed by atoms with van der Waals surface area (Å²) in [4.78, 5) is 17.3. The van der Waals surface area contributed by atoms with E-state index in [2.05, 4.69) is 10.00 Å². The van der Waals surface area contributed by atoms with Gasteiger partial charge in [0.05, 0.1) is 17.8 Å². The SMILES string of the molecule is CN1C(=O)c2ccc(-c3cnn(C)c3)cc2OC2CN(CC3CC3)CC21. The van der Waals surface area contributed by atoms with Gasteiger partial charge in [0.15, 0.2) is 0 Å². The van der Waals surface area contributed by atoms with Crippen LogP contribution >= 0.6 is 0 Å². The Morgan fingerprint density at radius 3 is 2.77 bits per heavy atom. The molecule has 5 rings (SSSR count). The molecular weight excluding hydrogens is 328 g/mol. The minimum atomic E-state index is 0.0353. The predicted molar refractivity (Wildman–Crippen MR) is 98.1 cm³/mol. The van der Waals surface area contributed by atoms with E-state index in [4.69, 9.17) is 4.74 Å². The fourth-order valence-corrected chi connectivity index (χ4v) is 4.19. The second kappa shape index (κ2) is 5.84. The van der Waals surface area contributed by atoms with Gasteiger partial charge >= 0.3 is 0 Å². The molecule has 6 heteroatoms. The molecule has 136 valence electrons. The summed E-state index contributed by atoms with van der Waals surface area (Å²) < 4.78 is 8.17. The molecule has 0 spiro atoms. The lowest BCUT2D eigenvalue weighted by atomic mass is 10.1. The molecule has 2 aliphatic heterocycles. The van der Waals surface area contributed by atoms with Crippen molar-refractivity contribution in [3.8, 4) is 16.9 Å². The molecule has 1 saturated heterocycles. The topological polar surface area (TPSA) is 50.6 Å². The smallest absolute Gasteiger partial charge is 0.257 e. The Labute approximate surface area is 153 Å². The van der Waals surface area contributed by atoms with Gasteiger partial charge in [-0.25, -0.2) is 0 Å². The number of hydrogen-bond donors (Lipinski definition) is 0. The molecule has 1 aliphatic carbocycles. The zero-order chi connectivity index (χ0) is 17.8. The maximum absolute atomic E-state index is 13.0. The van der Waals surface area contributed by atoms with Gasteiger partial charge in [-0.3, -0.25) is 14.4 Å². The zero-order valence-electron chi connectivity index (χ0n) is 15.3. The van der Waals surface area contributed by atoms with E-state index in [1.807, 2.05) is 49.6 Å². The van der Waals surface area contributed by atoms with E-state index in [1.165, 1.54) is 12.8 Å². The van der Waals surface area contributed by atoms with Crippen molar-refractivity contribution in [2.75, 3.05) is 26.7 Å². The molecule has 0 bridgehead atoms. The number of nitrogens with zero attached hydrogens (tertiary/aromatic N) is 4. The Balaban J connectivity index is 1.46. The molecule has 1 saturated carbocycles. The van der Waals surface area contributed by atoms with Crippen molar-refractivity contribution < 1.29 is 9.53 Å². The number of ether oxygens (including phenoxy) is 1. The van der Waals surface area contributed by atoms with E-state index in [0.717, 1.165) is 36.7 Å². The van der Waals surface area contributed by atoms with Crippen molar-refractivity contribution in [2.45, 2.75) is 25.0 Å². The van der Waals surface area contributed by atoms with E-state index in [9.17, 15) is 4.79 Å². The maximum atomic E-state index is 13.0. The average molecular weight is 352 g/mol. The van der Waals surface area contributed by atoms with E-state index in [1.54, 1.807) is 4.68 Å². The summed E-state index contributed by atoms with van der Waals surface area (Å²) in [5.74, 6) is 1.60. The summed E-state index contributed by atoms with van der Waals surface area (Å²) in [7, 11) is 3.81. The first kappa shape index (κ1) is 15.9. The lowest BCUT2D eigenvalue weighted by molar-refractivity contribution is 0.0682. The monoisotopic (exact) mass is 352 g/mol. The number of likely N-dealkylation sites (tertiary alicyclic amines) is 1. The van der Waals surface area contributed by atoms with Crippen LogP contribution in [-0.2, 0) is 7.05 Å². The number of aryl methyl sites for hydroxylation is 1. The average Bonchev–Trinajstić information content (AvgIpc) is 3.21. The molecule has 1 aromatic carbocycles. The van der Waals surface area contributed by atoms with Crippen LogP contribution in [0.25, 0.3) is 11.1 Å². The summed E-state index contributed by atoms with van der Waals surface area (Å²) >= 11 is 0. The summed E-state index contributed by atoms with van der Waals surface area (Å²) in [5, 5.41) is 4.24. The minimum Gasteiger partial charge on any atom is -0.486 e. The van der Waals surface area contributed by atoms with Gasteiger partial charge in [0.1, 0.15) is 11.9 Å². The third-order valence-electron chi connectivity index (χ3n) is 5.87. The molecule has 2 unspecified atom stereocenters. The Morgan fingerprint density at radius 2 is 2.04 bits per heavy atom. The van der Waals surface area contributed by atoms with Crippen LogP contribution in [0.3, 0.4) is 0 Å². The van der Waals surface area contributed by atoms with Gasteiger partial charge in [-0.05, 0) is 36.5 Å². The summed E-state index contributed by atoms with van der Waals surface area (Å²) in [6.07, 6.45) is 6.54. The van der Waals surface area contributed by atoms with Crippen LogP contribution < -0.4 is 4.74 Å². The van der Waals surface area contributed by atoms with Gasteiger partial charge in [0.25, 0.3) is 5.91 Å². The molecule has 1 aromatic heterocycles. The van der Waals surface area contributed by atoms with Crippen molar-refractivity contribution in [3.63, 3.8) is 0 Å². The lowest BCUT2D eigenvalue weighted by Crippen LogP contribution is -2.44. The van der Waals surface area contributed by atoms with Gasteiger partial charge < -0.3 is 9.64 Å². The van der Waals surface area contributed by atoms with Crippen LogP contribution in [0.4, 0.5) is 0 Å². The van der Waals surface area contributed by atoms with Crippen LogP contribution in [0.5, 0.6) is 5.75 Å². The minimum absolute atomic E-state index is 0.0353. The van der Waals surface area contributed by atoms with Gasteiger partial charge in [0, 0.05) is 45.5 Å². The van der Waals surface area contributed by atoms with Crippen LogP contribution in [0.1, 0.15) is 23.2 Å². The highest BCUT2D eigenvalue weighted by atomic mass is 16.5. The molecule has 26 heavy (non-hydrogen) atoms. The molecule has 0 N–H and O–H groups in total. The molecule has 3 heterocycles. The number of likely N-dealkylation sites (N-methyl/N-ethyl adjacent to an activating group) is 1. The number of fused-ring (bicyclic) bond motifs is 2. The van der Waals surface area contributed by atoms with Crippen molar-refractivity contribution >= 4 is 5.91 Å². The molecule has 2 aromatic rings. The highest BCUT2D eigenvalue weighted by molar-refractivity contribution is 5.98. The summed E-state index contributed by atoms with van der Waals surface area (Å²) in [6.45, 7) is 2.95. The highest BCUT2D eigenvalue weighted by Gasteiger charge is 2.43. The largest absolute Gasteiger partial charge is 0.486 e.